The van der Waals surface area contributed by atoms with E-state index in [-0.39, 0.29) is 23.8 Å². The highest BCUT2D eigenvalue weighted by atomic mass is 32.1. The molecule has 2 heterocycles. The Morgan fingerprint density at radius 1 is 1.29 bits per heavy atom. The van der Waals surface area contributed by atoms with Gasteiger partial charge in [-0.1, -0.05) is 0 Å². The van der Waals surface area contributed by atoms with Crippen molar-refractivity contribution in [2.24, 2.45) is 5.92 Å². The van der Waals surface area contributed by atoms with E-state index in [0.29, 0.717) is 18.0 Å². The number of nitrogens with one attached hydrogen (secondary N) is 4. The third-order valence-corrected chi connectivity index (χ3v) is 6.58. The first-order chi connectivity index (χ1) is 13.4. The Hall–Kier alpha value is -1.59. The van der Waals surface area contributed by atoms with Crippen LogP contribution in [0.4, 0.5) is 0 Å². The molecule has 1 radical (unpaired) electrons. The van der Waals surface area contributed by atoms with Crippen LogP contribution < -0.4 is 21.4 Å². The van der Waals surface area contributed by atoms with Crippen molar-refractivity contribution in [3.63, 3.8) is 0 Å². The van der Waals surface area contributed by atoms with Crippen molar-refractivity contribution in [2.45, 2.75) is 37.6 Å². The lowest BCUT2D eigenvalue weighted by Gasteiger charge is -2.36. The number of hydrogen-bond donors (Lipinski definition) is 4. The third-order valence-electron chi connectivity index (χ3n) is 5.55. The maximum absolute atomic E-state index is 12.8. The number of hydrazine groups is 1. The fourth-order valence-corrected chi connectivity index (χ4v) is 5.07. The van der Waals surface area contributed by atoms with Gasteiger partial charge in [0.05, 0.1) is 6.54 Å². The summed E-state index contributed by atoms with van der Waals surface area (Å²) in [7, 11) is 9.12. The minimum Gasteiger partial charge on any atom is -0.349 e. The van der Waals surface area contributed by atoms with E-state index in [1.165, 1.54) is 11.3 Å². The minimum absolute atomic E-state index is 0.0444. The third kappa shape index (κ3) is 3.67. The fraction of sp³-hybridized carbons (Fsp3) is 0.667. The summed E-state index contributed by atoms with van der Waals surface area (Å²) in [5.74, 6) is -0.757. The second-order valence-corrected chi connectivity index (χ2v) is 8.45. The minimum atomic E-state index is -0.653. The first kappa shape index (κ1) is 21.1. The second kappa shape index (κ2) is 8.42. The van der Waals surface area contributed by atoms with Crippen LogP contribution >= 0.6 is 11.3 Å². The van der Waals surface area contributed by atoms with E-state index in [0.717, 1.165) is 23.4 Å². The molecular formula is C18H30N7O2S. The quantitative estimate of drug-likeness (QED) is 0.485. The molecule has 0 saturated heterocycles. The summed E-state index contributed by atoms with van der Waals surface area (Å²) in [6.45, 7) is 0.646. The van der Waals surface area contributed by atoms with Crippen LogP contribution in [0.5, 0.6) is 0 Å². The molecule has 3 rings (SSSR count). The predicted octanol–water partition coefficient (Wildman–Crippen LogP) is -0.167. The van der Waals surface area contributed by atoms with Crippen LogP contribution in [0.2, 0.25) is 0 Å². The summed E-state index contributed by atoms with van der Waals surface area (Å²) in [4.78, 5) is 32.4. The predicted molar refractivity (Wildman–Crippen MR) is 108 cm³/mol. The molecule has 9 nitrogen and oxygen atoms in total. The monoisotopic (exact) mass is 408 g/mol. The summed E-state index contributed by atoms with van der Waals surface area (Å²) in [5, 5.41) is 12.0. The first-order valence-electron chi connectivity index (χ1n) is 9.54. The number of amides is 2. The lowest BCUT2D eigenvalue weighted by Crippen LogP contribution is -2.63. The topological polar surface area (TPSA) is 102 Å². The van der Waals surface area contributed by atoms with Crippen LogP contribution in [0.25, 0.3) is 0 Å². The van der Waals surface area contributed by atoms with Gasteiger partial charge in [-0.25, -0.2) is 9.99 Å². The number of nitrogens with zero attached hydrogens (tertiary/aromatic N) is 3. The summed E-state index contributed by atoms with van der Waals surface area (Å²) in [6, 6.07) is -0.110. The summed E-state index contributed by atoms with van der Waals surface area (Å²) >= 11 is 1.41. The molecule has 0 spiro atoms. The molecule has 1 aliphatic carbocycles. The van der Waals surface area contributed by atoms with E-state index in [9.17, 15) is 9.59 Å². The molecule has 4 N–H and O–H groups in total. The van der Waals surface area contributed by atoms with Crippen molar-refractivity contribution in [2.75, 3.05) is 35.2 Å². The van der Waals surface area contributed by atoms with Gasteiger partial charge in [0.25, 0.3) is 5.91 Å². The largest absolute Gasteiger partial charge is 0.349 e. The molecular weight excluding hydrogens is 378 g/mol. The molecule has 0 aromatic carbocycles. The molecule has 1 saturated carbocycles. The molecule has 1 aromatic heterocycles. The molecule has 2 atom stereocenters. The maximum Gasteiger partial charge on any atom is 0.280 e. The molecule has 1 aromatic rings. The van der Waals surface area contributed by atoms with E-state index >= 15 is 0 Å². The lowest BCUT2D eigenvalue weighted by molar-refractivity contribution is -0.133. The normalized spacial score (nSPS) is 24.0. The van der Waals surface area contributed by atoms with Gasteiger partial charge in [-0.15, -0.1) is 11.3 Å². The highest BCUT2D eigenvalue weighted by Gasteiger charge is 2.46. The SMILES string of the molecule is CNN1Cc2sc(C(=O)NC3[CH]CCC(C(=O)N(C)C)C3)nc2C1(NC)NC. The number of rotatable bonds is 6. The van der Waals surface area contributed by atoms with Gasteiger partial charge >= 0.3 is 0 Å². The van der Waals surface area contributed by atoms with Crippen molar-refractivity contribution in [1.29, 1.82) is 0 Å². The van der Waals surface area contributed by atoms with Crippen molar-refractivity contribution in [3.8, 4) is 0 Å². The Morgan fingerprint density at radius 2 is 2.00 bits per heavy atom. The van der Waals surface area contributed by atoms with Crippen LogP contribution in [-0.4, -0.2) is 68.0 Å². The molecule has 2 aliphatic rings. The van der Waals surface area contributed by atoms with Gasteiger partial charge in [0.2, 0.25) is 5.91 Å². The van der Waals surface area contributed by atoms with E-state index in [2.05, 4.69) is 32.8 Å². The highest BCUT2D eigenvalue weighted by molar-refractivity contribution is 7.13. The van der Waals surface area contributed by atoms with Crippen LogP contribution in [0.15, 0.2) is 0 Å². The average molecular weight is 409 g/mol. The zero-order valence-electron chi connectivity index (χ0n) is 17.1. The molecule has 2 amide bonds. The Labute approximate surface area is 170 Å². The number of aromatic nitrogens is 1. The molecule has 1 fully saturated rings. The van der Waals surface area contributed by atoms with Crippen molar-refractivity contribution >= 4 is 23.2 Å². The average Bonchev–Trinajstić information content (AvgIpc) is 3.24. The fourth-order valence-electron chi connectivity index (χ4n) is 4.06. The van der Waals surface area contributed by atoms with Crippen molar-refractivity contribution in [1.82, 2.24) is 36.3 Å². The smallest absolute Gasteiger partial charge is 0.280 e. The van der Waals surface area contributed by atoms with Crippen molar-refractivity contribution in [3.05, 3.63) is 22.0 Å². The Balaban J connectivity index is 1.71. The summed E-state index contributed by atoms with van der Waals surface area (Å²) < 4.78 is 0. The Morgan fingerprint density at radius 3 is 2.61 bits per heavy atom. The Kier molecular flexibility index (Phi) is 6.35. The van der Waals surface area contributed by atoms with Gasteiger partial charge < -0.3 is 10.2 Å². The van der Waals surface area contributed by atoms with Gasteiger partial charge in [-0.2, -0.15) is 0 Å². The number of fused-ring (bicyclic) bond motifs is 1. The number of thiazole rings is 1. The Bertz CT molecular complexity index is 732. The van der Waals surface area contributed by atoms with Gasteiger partial charge in [-0.3, -0.25) is 25.6 Å². The number of carbonyl (C=O) groups is 2. The van der Waals surface area contributed by atoms with Crippen LogP contribution in [-0.2, 0) is 17.1 Å². The van der Waals surface area contributed by atoms with Gasteiger partial charge in [0.1, 0.15) is 5.69 Å². The van der Waals surface area contributed by atoms with Gasteiger partial charge in [0.15, 0.2) is 10.8 Å². The lowest BCUT2D eigenvalue weighted by atomic mass is 9.85. The number of carbonyl (C=O) groups excluding carboxylic acids is 2. The highest BCUT2D eigenvalue weighted by Crippen LogP contribution is 2.36. The molecule has 0 bridgehead atoms. The van der Waals surface area contributed by atoms with Crippen molar-refractivity contribution < 1.29 is 9.59 Å². The van der Waals surface area contributed by atoms with E-state index in [1.54, 1.807) is 19.0 Å². The molecule has 155 valence electrons. The summed E-state index contributed by atoms with van der Waals surface area (Å²) in [5.41, 5.74) is 3.98. The van der Waals surface area contributed by atoms with Crippen LogP contribution in [0.3, 0.4) is 0 Å². The first-order valence-corrected chi connectivity index (χ1v) is 10.4. The van der Waals surface area contributed by atoms with Crippen LogP contribution in [0, 0.1) is 12.3 Å². The molecule has 1 aliphatic heterocycles. The molecule has 28 heavy (non-hydrogen) atoms. The number of hydrogen-bond acceptors (Lipinski definition) is 8. The second-order valence-electron chi connectivity index (χ2n) is 7.37. The molecule has 2 unspecified atom stereocenters. The zero-order chi connectivity index (χ0) is 20.5. The molecule has 10 heteroatoms. The maximum atomic E-state index is 12.8. The van der Waals surface area contributed by atoms with E-state index in [4.69, 9.17) is 0 Å². The van der Waals surface area contributed by atoms with Gasteiger partial charge in [-0.05, 0) is 46.8 Å². The van der Waals surface area contributed by atoms with Crippen LogP contribution in [0.1, 0.15) is 39.6 Å². The van der Waals surface area contributed by atoms with E-state index < -0.39 is 5.79 Å². The summed E-state index contributed by atoms with van der Waals surface area (Å²) in [6.07, 6.45) is 4.39. The van der Waals surface area contributed by atoms with E-state index in [1.807, 2.05) is 26.2 Å². The zero-order valence-corrected chi connectivity index (χ0v) is 17.9. The van der Waals surface area contributed by atoms with Gasteiger partial charge in [0, 0.05) is 30.9 Å². The standard InChI is InChI=1S/C18H30N7O2S/c1-19-18(20-2)14-13(10-25(18)21-3)28-16(23-14)15(26)22-12-8-6-7-11(9-12)17(27)24(4)5/h8,11-12,19-21H,6-7,9-10H2,1-5H3,(H,22,26).